The van der Waals surface area contributed by atoms with Gasteiger partial charge in [0.15, 0.2) is 5.13 Å². The highest BCUT2D eigenvalue weighted by molar-refractivity contribution is 7.13. The van der Waals surface area contributed by atoms with Gasteiger partial charge in [-0.25, -0.2) is 9.98 Å². The highest BCUT2D eigenvalue weighted by Gasteiger charge is 2.64. The summed E-state index contributed by atoms with van der Waals surface area (Å²) < 4.78 is 40.5. The summed E-state index contributed by atoms with van der Waals surface area (Å²) in [5, 5.41) is 5.76. The number of alkyl halides is 3. The third-order valence-electron chi connectivity index (χ3n) is 3.02. The molecule has 0 fully saturated rings. The van der Waals surface area contributed by atoms with Gasteiger partial charge in [-0.05, 0) is 0 Å². The topological polar surface area (TPSA) is 66.4 Å². The van der Waals surface area contributed by atoms with Crippen LogP contribution in [0.3, 0.4) is 0 Å². The molecule has 1 aliphatic heterocycles. The lowest BCUT2D eigenvalue weighted by molar-refractivity contribution is -0.181. The van der Waals surface area contributed by atoms with Crippen molar-refractivity contribution in [2.24, 2.45) is 4.99 Å². The van der Waals surface area contributed by atoms with Crippen molar-refractivity contribution in [1.82, 2.24) is 10.3 Å². The molecule has 0 spiro atoms. The van der Waals surface area contributed by atoms with Crippen molar-refractivity contribution in [3.63, 3.8) is 0 Å². The summed E-state index contributed by atoms with van der Waals surface area (Å²) in [5.41, 5.74) is -2.68. The largest absolute Gasteiger partial charge is 0.442 e. The van der Waals surface area contributed by atoms with Gasteiger partial charge in [-0.2, -0.15) is 13.2 Å². The fourth-order valence-electron chi connectivity index (χ4n) is 1.96. The van der Waals surface area contributed by atoms with E-state index in [0.29, 0.717) is 5.56 Å². The quantitative estimate of drug-likeness (QED) is 0.910. The maximum absolute atomic E-state index is 13.5. The van der Waals surface area contributed by atoms with Gasteiger partial charge in [0, 0.05) is 17.1 Å². The minimum absolute atomic E-state index is 0.0365. The summed E-state index contributed by atoms with van der Waals surface area (Å²) in [6, 6.07) is 8.13. The molecule has 2 N–H and O–H groups in total. The van der Waals surface area contributed by atoms with Gasteiger partial charge >= 0.3 is 11.8 Å². The molecule has 5 nitrogen and oxygen atoms in total. The summed E-state index contributed by atoms with van der Waals surface area (Å²) in [6.07, 6.45) is -3.58. The van der Waals surface area contributed by atoms with Gasteiger partial charge in [0.25, 0.3) is 5.91 Å². The summed E-state index contributed by atoms with van der Waals surface area (Å²) in [7, 11) is 0. The number of amidine groups is 1. The Morgan fingerprint density at radius 3 is 2.55 bits per heavy atom. The number of aromatic nitrogens is 1. The van der Waals surface area contributed by atoms with Crippen LogP contribution in [0.25, 0.3) is 0 Å². The van der Waals surface area contributed by atoms with Crippen LogP contribution >= 0.6 is 11.3 Å². The van der Waals surface area contributed by atoms with Gasteiger partial charge in [-0.3, -0.25) is 4.79 Å². The van der Waals surface area contributed by atoms with Crippen molar-refractivity contribution >= 4 is 28.2 Å². The Morgan fingerprint density at radius 1 is 1.23 bits per heavy atom. The first-order valence-corrected chi connectivity index (χ1v) is 7.01. The van der Waals surface area contributed by atoms with E-state index in [4.69, 9.17) is 0 Å². The molecule has 1 aromatic heterocycles. The molecule has 1 amide bonds. The number of carbonyl (C=O) groups excluding carboxylic acids is 1. The zero-order chi connectivity index (χ0) is 15.8. The number of carbonyl (C=O) groups is 1. The molecule has 0 aliphatic carbocycles. The van der Waals surface area contributed by atoms with Crippen LogP contribution in [0, 0.1) is 0 Å². The Bertz CT molecular complexity index is 715. The average Bonchev–Trinajstić information content (AvgIpc) is 3.09. The first kappa shape index (κ1) is 14.5. The SMILES string of the molecule is O=C1NC(c2ccccc2)=NC1(Nc1nccs1)C(F)(F)F. The number of aliphatic imine (C=N–C) groups is 1. The minimum Gasteiger partial charge on any atom is -0.322 e. The van der Waals surface area contributed by atoms with Crippen LogP contribution in [0.2, 0.25) is 0 Å². The Hall–Kier alpha value is -2.42. The first-order valence-electron chi connectivity index (χ1n) is 6.13. The van der Waals surface area contributed by atoms with E-state index in [2.05, 4.69) is 20.6 Å². The van der Waals surface area contributed by atoms with Crippen LogP contribution in [0.4, 0.5) is 18.3 Å². The predicted octanol–water partition coefficient (Wildman–Crippen LogP) is 2.39. The highest BCUT2D eigenvalue weighted by atomic mass is 32.1. The van der Waals surface area contributed by atoms with Crippen molar-refractivity contribution in [2.45, 2.75) is 11.8 Å². The molecule has 1 unspecified atom stereocenters. The van der Waals surface area contributed by atoms with E-state index in [0.717, 1.165) is 11.3 Å². The number of hydrogen-bond donors (Lipinski definition) is 2. The van der Waals surface area contributed by atoms with Crippen molar-refractivity contribution in [1.29, 1.82) is 0 Å². The lowest BCUT2D eigenvalue weighted by Crippen LogP contribution is -2.57. The standard InChI is InChI=1S/C13H9F3N4OS/c14-13(15,16)12(20-11-17-6-7-22-11)10(21)18-9(19-12)8-4-2-1-3-5-8/h1-7H,(H,17,20)(H,18,19,21). The van der Waals surface area contributed by atoms with Gasteiger partial charge in [-0.15, -0.1) is 11.3 Å². The molecule has 22 heavy (non-hydrogen) atoms. The van der Waals surface area contributed by atoms with Gasteiger partial charge in [0.05, 0.1) is 0 Å². The van der Waals surface area contributed by atoms with E-state index in [9.17, 15) is 18.0 Å². The Morgan fingerprint density at radius 2 is 1.95 bits per heavy atom. The fourth-order valence-corrected chi connectivity index (χ4v) is 2.54. The molecule has 1 atom stereocenters. The van der Waals surface area contributed by atoms with Crippen LogP contribution in [-0.2, 0) is 4.79 Å². The summed E-state index contributed by atoms with van der Waals surface area (Å²) >= 11 is 0.952. The van der Waals surface area contributed by atoms with E-state index in [1.165, 1.54) is 11.6 Å². The molecule has 0 saturated heterocycles. The van der Waals surface area contributed by atoms with Crippen LogP contribution in [0.15, 0.2) is 46.9 Å². The van der Waals surface area contributed by atoms with Crippen molar-refractivity contribution < 1.29 is 18.0 Å². The van der Waals surface area contributed by atoms with Gasteiger partial charge < -0.3 is 10.6 Å². The number of benzene rings is 1. The van der Waals surface area contributed by atoms with Gasteiger partial charge in [0.2, 0.25) is 0 Å². The Labute approximate surface area is 126 Å². The van der Waals surface area contributed by atoms with Crippen LogP contribution < -0.4 is 10.6 Å². The molecule has 0 bridgehead atoms. The van der Waals surface area contributed by atoms with Crippen LogP contribution in [-0.4, -0.2) is 28.6 Å². The number of rotatable bonds is 3. The monoisotopic (exact) mass is 326 g/mol. The summed E-state index contributed by atoms with van der Waals surface area (Å²) in [5.74, 6) is -1.42. The smallest absolute Gasteiger partial charge is 0.322 e. The highest BCUT2D eigenvalue weighted by Crippen LogP contribution is 2.38. The fraction of sp³-hybridized carbons (Fsp3) is 0.154. The molecule has 0 saturated carbocycles. The van der Waals surface area contributed by atoms with Gasteiger partial charge in [-0.1, -0.05) is 30.3 Å². The van der Waals surface area contributed by atoms with E-state index in [1.54, 1.807) is 30.3 Å². The minimum atomic E-state index is -4.92. The van der Waals surface area contributed by atoms with Crippen molar-refractivity contribution in [2.75, 3.05) is 5.32 Å². The molecule has 2 aromatic rings. The van der Waals surface area contributed by atoms with E-state index >= 15 is 0 Å². The number of amides is 1. The second-order valence-corrected chi connectivity index (χ2v) is 5.35. The van der Waals surface area contributed by atoms with E-state index < -0.39 is 17.7 Å². The molecule has 1 aromatic carbocycles. The Kier molecular flexibility index (Phi) is 3.36. The third-order valence-corrected chi connectivity index (χ3v) is 3.71. The number of thiazole rings is 1. The number of nitrogens with zero attached hydrogens (tertiary/aromatic N) is 2. The first-order chi connectivity index (χ1) is 10.4. The van der Waals surface area contributed by atoms with Crippen LogP contribution in [0.5, 0.6) is 0 Å². The second-order valence-electron chi connectivity index (χ2n) is 4.45. The van der Waals surface area contributed by atoms with Crippen molar-refractivity contribution in [3.8, 4) is 0 Å². The molecular weight excluding hydrogens is 317 g/mol. The molecule has 9 heteroatoms. The number of nitrogens with one attached hydrogen (secondary N) is 2. The number of halogens is 3. The van der Waals surface area contributed by atoms with Gasteiger partial charge in [0.1, 0.15) is 5.84 Å². The van der Waals surface area contributed by atoms with Crippen LogP contribution in [0.1, 0.15) is 5.56 Å². The average molecular weight is 326 g/mol. The summed E-state index contributed by atoms with van der Waals surface area (Å²) in [4.78, 5) is 19.4. The third kappa shape index (κ3) is 2.33. The molecule has 3 rings (SSSR count). The zero-order valence-electron chi connectivity index (χ0n) is 10.9. The lowest BCUT2D eigenvalue weighted by Gasteiger charge is -2.26. The van der Waals surface area contributed by atoms with E-state index in [-0.39, 0.29) is 11.0 Å². The number of hydrogen-bond acceptors (Lipinski definition) is 5. The Balaban J connectivity index is 2.06. The lowest BCUT2D eigenvalue weighted by atomic mass is 10.1. The molecular formula is C13H9F3N4OS. The maximum Gasteiger partial charge on any atom is 0.442 e. The molecule has 0 radical (unpaired) electrons. The predicted molar refractivity (Wildman–Crippen MR) is 75.6 cm³/mol. The zero-order valence-corrected chi connectivity index (χ0v) is 11.7. The summed E-state index contributed by atoms with van der Waals surface area (Å²) in [6.45, 7) is 0. The number of anilines is 1. The normalized spacial score (nSPS) is 21.4. The second kappa shape index (κ2) is 5.09. The molecule has 2 heterocycles. The maximum atomic E-state index is 13.5. The van der Waals surface area contributed by atoms with Crippen molar-refractivity contribution in [3.05, 3.63) is 47.5 Å². The molecule has 1 aliphatic rings. The molecule has 114 valence electrons. The van der Waals surface area contributed by atoms with E-state index in [1.807, 2.05) is 0 Å².